The number of aliphatic carboxylic acids is 1. The molecular formula is C12H12N2O4. The summed E-state index contributed by atoms with van der Waals surface area (Å²) in [5, 5.41) is 8.48. The van der Waals surface area contributed by atoms with Crippen molar-refractivity contribution in [3.63, 3.8) is 0 Å². The third-order valence-corrected chi connectivity index (χ3v) is 2.48. The number of nitrogens with one attached hydrogen (secondary N) is 1. The molecule has 1 heterocycles. The first-order chi connectivity index (χ1) is 8.56. The molecule has 0 unspecified atom stereocenters. The molecule has 0 saturated carbocycles. The quantitative estimate of drug-likeness (QED) is 0.794. The Morgan fingerprint density at radius 2 is 2.33 bits per heavy atom. The van der Waals surface area contributed by atoms with Crippen LogP contribution in [0.5, 0.6) is 0 Å². The molecule has 6 nitrogen and oxygen atoms in total. The number of hydrogen-bond donors (Lipinski definition) is 2. The van der Waals surface area contributed by atoms with Crippen LogP contribution in [0.15, 0.2) is 39.6 Å². The van der Waals surface area contributed by atoms with Crippen molar-refractivity contribution in [1.82, 2.24) is 4.98 Å². The topological polar surface area (TPSA) is 86.5 Å². The highest BCUT2D eigenvalue weighted by molar-refractivity contribution is 5.80. The molecule has 2 rings (SSSR count). The third kappa shape index (κ3) is 2.60. The summed E-state index contributed by atoms with van der Waals surface area (Å²) in [4.78, 5) is 25.8. The van der Waals surface area contributed by atoms with Crippen LogP contribution in [0.1, 0.15) is 0 Å². The van der Waals surface area contributed by atoms with Crippen LogP contribution in [0.25, 0.3) is 11.1 Å². The molecular weight excluding hydrogens is 236 g/mol. The molecule has 0 aliphatic carbocycles. The minimum atomic E-state index is -0.974. The Labute approximate surface area is 102 Å². The average Bonchev–Trinajstić information content (AvgIpc) is 2.67. The lowest BCUT2D eigenvalue weighted by atomic mass is 10.2. The summed E-state index contributed by atoms with van der Waals surface area (Å²) < 4.78 is 4.89. The highest BCUT2D eigenvalue weighted by Crippen LogP contribution is 2.18. The largest absolute Gasteiger partial charge is 0.478 e. The normalized spacial score (nSPS) is 11.2. The van der Waals surface area contributed by atoms with Crippen molar-refractivity contribution < 1.29 is 14.3 Å². The minimum absolute atomic E-state index is 0.458. The van der Waals surface area contributed by atoms with Gasteiger partial charge in [0.15, 0.2) is 5.58 Å². The zero-order valence-corrected chi connectivity index (χ0v) is 9.71. The molecule has 0 aliphatic rings. The molecule has 0 spiro atoms. The Kier molecular flexibility index (Phi) is 3.18. The number of carbonyl (C=O) groups is 1. The summed E-state index contributed by atoms with van der Waals surface area (Å²) in [7, 11) is 1.82. The van der Waals surface area contributed by atoms with E-state index in [1.165, 1.54) is 0 Å². The Bertz CT molecular complexity index is 653. The van der Waals surface area contributed by atoms with Crippen molar-refractivity contribution in [3.8, 4) is 0 Å². The number of fused-ring (bicyclic) bond motifs is 1. The third-order valence-electron chi connectivity index (χ3n) is 2.48. The van der Waals surface area contributed by atoms with Crippen LogP contribution in [0, 0.1) is 0 Å². The van der Waals surface area contributed by atoms with Crippen LogP contribution in [0.4, 0.5) is 5.69 Å². The van der Waals surface area contributed by atoms with Crippen molar-refractivity contribution in [2.75, 3.05) is 18.5 Å². The summed E-state index contributed by atoms with van der Waals surface area (Å²) in [5.74, 6) is -1.46. The molecule has 0 bridgehead atoms. The van der Waals surface area contributed by atoms with Gasteiger partial charge in [-0.25, -0.2) is 9.59 Å². The molecule has 6 heteroatoms. The van der Waals surface area contributed by atoms with E-state index in [1.54, 1.807) is 24.3 Å². The zero-order chi connectivity index (χ0) is 13.1. The second-order valence-corrected chi connectivity index (χ2v) is 3.82. The predicted molar refractivity (Wildman–Crippen MR) is 66.9 cm³/mol. The highest BCUT2D eigenvalue weighted by atomic mass is 16.4. The summed E-state index contributed by atoms with van der Waals surface area (Å²) in [5.41, 5.74) is 1.97. The van der Waals surface area contributed by atoms with Crippen molar-refractivity contribution >= 4 is 22.8 Å². The smallest absolute Gasteiger partial charge is 0.417 e. The molecule has 1 aromatic carbocycles. The van der Waals surface area contributed by atoms with Gasteiger partial charge in [0.25, 0.3) is 0 Å². The van der Waals surface area contributed by atoms with Crippen LogP contribution in [0.2, 0.25) is 0 Å². The molecule has 18 heavy (non-hydrogen) atoms. The van der Waals surface area contributed by atoms with Gasteiger partial charge in [-0.15, -0.1) is 0 Å². The molecule has 0 amide bonds. The van der Waals surface area contributed by atoms with Gasteiger partial charge in [0.05, 0.1) is 5.52 Å². The second-order valence-electron chi connectivity index (χ2n) is 3.82. The number of oxazole rings is 1. The lowest BCUT2D eigenvalue weighted by molar-refractivity contribution is -0.131. The molecule has 94 valence electrons. The van der Waals surface area contributed by atoms with Crippen LogP contribution in [0.3, 0.4) is 0 Å². The fraction of sp³-hybridized carbons (Fsp3) is 0.167. The van der Waals surface area contributed by atoms with Gasteiger partial charge in [0.2, 0.25) is 0 Å². The van der Waals surface area contributed by atoms with Gasteiger partial charge in [-0.3, -0.25) is 4.98 Å². The Balaban J connectivity index is 2.19. The number of carboxylic acid groups (broad SMARTS) is 1. The molecule has 0 aliphatic heterocycles. The van der Waals surface area contributed by atoms with E-state index in [9.17, 15) is 9.59 Å². The fourth-order valence-corrected chi connectivity index (χ4v) is 1.59. The molecule has 2 aromatic rings. The first-order valence-electron chi connectivity index (χ1n) is 5.30. The van der Waals surface area contributed by atoms with E-state index in [2.05, 4.69) is 4.98 Å². The van der Waals surface area contributed by atoms with E-state index in [4.69, 9.17) is 9.52 Å². The molecule has 0 saturated heterocycles. The van der Waals surface area contributed by atoms with Gasteiger partial charge in [-0.05, 0) is 18.2 Å². The number of likely N-dealkylation sites (N-methyl/N-ethyl adjacent to an activating group) is 1. The maximum Gasteiger partial charge on any atom is 0.417 e. The maximum absolute atomic E-state index is 11.0. The number of aromatic amines is 1. The molecule has 0 radical (unpaired) electrons. The van der Waals surface area contributed by atoms with Crippen molar-refractivity contribution in [1.29, 1.82) is 0 Å². The number of carboxylic acids is 1. The molecule has 1 aromatic heterocycles. The van der Waals surface area contributed by atoms with Crippen LogP contribution >= 0.6 is 0 Å². The number of benzene rings is 1. The van der Waals surface area contributed by atoms with Crippen LogP contribution in [-0.2, 0) is 4.79 Å². The van der Waals surface area contributed by atoms with Gasteiger partial charge >= 0.3 is 11.7 Å². The fourth-order valence-electron chi connectivity index (χ4n) is 1.59. The van der Waals surface area contributed by atoms with E-state index in [1.807, 2.05) is 11.9 Å². The minimum Gasteiger partial charge on any atom is -0.478 e. The van der Waals surface area contributed by atoms with Gasteiger partial charge < -0.3 is 14.4 Å². The molecule has 0 atom stereocenters. The SMILES string of the molecule is CN(C/C=C/C(=O)O)c1ccc2oc(=O)[nH]c2c1. The van der Waals surface area contributed by atoms with Gasteiger partial charge in [-0.2, -0.15) is 0 Å². The molecule has 2 N–H and O–H groups in total. The predicted octanol–water partition coefficient (Wildman–Crippen LogP) is 1.20. The summed E-state index contributed by atoms with van der Waals surface area (Å²) in [6.07, 6.45) is 2.64. The molecule has 0 fully saturated rings. The Morgan fingerprint density at radius 3 is 3.06 bits per heavy atom. The standard InChI is InChI=1S/C12H12N2O4/c1-14(6-2-3-11(15)16)8-4-5-10-9(7-8)13-12(17)18-10/h2-5,7H,6H2,1H3,(H,13,17)(H,15,16)/b3-2+. The van der Waals surface area contributed by atoms with Crippen molar-refractivity contribution in [2.24, 2.45) is 0 Å². The van der Waals surface area contributed by atoms with Crippen LogP contribution in [-0.4, -0.2) is 29.7 Å². The maximum atomic E-state index is 11.0. The van der Waals surface area contributed by atoms with E-state index in [0.717, 1.165) is 11.8 Å². The summed E-state index contributed by atoms with van der Waals surface area (Å²) >= 11 is 0. The van der Waals surface area contributed by atoms with Gasteiger partial charge in [-0.1, -0.05) is 6.08 Å². The second kappa shape index (κ2) is 4.79. The first kappa shape index (κ1) is 12.0. The van der Waals surface area contributed by atoms with E-state index in [-0.39, 0.29) is 0 Å². The first-order valence-corrected chi connectivity index (χ1v) is 5.30. The highest BCUT2D eigenvalue weighted by Gasteiger charge is 2.04. The number of aromatic nitrogens is 1. The Hall–Kier alpha value is -2.50. The number of rotatable bonds is 4. The van der Waals surface area contributed by atoms with Gasteiger partial charge in [0, 0.05) is 25.4 Å². The van der Waals surface area contributed by atoms with E-state index in [0.29, 0.717) is 17.6 Å². The number of nitrogens with zero attached hydrogens (tertiary/aromatic N) is 1. The summed E-state index contributed by atoms with van der Waals surface area (Å²) in [6.45, 7) is 0.458. The van der Waals surface area contributed by atoms with E-state index < -0.39 is 11.7 Å². The Morgan fingerprint density at radius 1 is 1.56 bits per heavy atom. The summed E-state index contributed by atoms with van der Waals surface area (Å²) in [6, 6.07) is 5.27. The van der Waals surface area contributed by atoms with Gasteiger partial charge in [0.1, 0.15) is 0 Å². The van der Waals surface area contributed by atoms with E-state index >= 15 is 0 Å². The van der Waals surface area contributed by atoms with Crippen LogP contribution < -0.4 is 10.7 Å². The monoisotopic (exact) mass is 248 g/mol. The lowest BCUT2D eigenvalue weighted by Crippen LogP contribution is -2.16. The van der Waals surface area contributed by atoms with Crippen molar-refractivity contribution in [3.05, 3.63) is 40.9 Å². The number of H-pyrrole nitrogens is 1. The number of hydrogen-bond acceptors (Lipinski definition) is 4. The lowest BCUT2D eigenvalue weighted by Gasteiger charge is -2.16. The average molecular weight is 248 g/mol. The number of anilines is 1. The zero-order valence-electron chi connectivity index (χ0n) is 9.71. The van der Waals surface area contributed by atoms with Crippen molar-refractivity contribution in [2.45, 2.75) is 0 Å².